The normalized spacial score (nSPS) is 30.0. The number of ether oxygens (including phenoxy) is 2. The number of rotatable bonds is 9. The van der Waals surface area contributed by atoms with Crippen LogP contribution < -0.4 is 15.4 Å². The number of hydrogen-bond donors (Lipinski definition) is 2. The number of carbonyl (C=O) groups is 2. The van der Waals surface area contributed by atoms with E-state index in [4.69, 9.17) is 9.47 Å². The number of likely N-dealkylation sites (tertiary alicyclic amines) is 1. The minimum absolute atomic E-state index is 0.0140. The van der Waals surface area contributed by atoms with Gasteiger partial charge in [-0.15, -0.1) is 0 Å². The number of aromatic nitrogens is 2. The van der Waals surface area contributed by atoms with E-state index >= 15 is 0 Å². The van der Waals surface area contributed by atoms with Crippen molar-refractivity contribution < 1.29 is 19.1 Å². The Bertz CT molecular complexity index is 1050. The molecule has 234 valence electrons. The van der Waals surface area contributed by atoms with E-state index in [9.17, 15) is 9.59 Å². The van der Waals surface area contributed by atoms with Crippen molar-refractivity contribution in [2.24, 2.45) is 29.6 Å². The first-order valence-electron chi connectivity index (χ1n) is 16.9. The van der Waals surface area contributed by atoms with Gasteiger partial charge in [0.1, 0.15) is 11.2 Å². The fraction of sp³-hybridized carbons (Fsp3) is 0.848. The molecular formula is C33H53N5O4. The highest BCUT2D eigenvalue weighted by Gasteiger charge is 2.48. The zero-order valence-corrected chi connectivity index (χ0v) is 26.1. The molecule has 5 aliphatic carbocycles. The molecule has 1 saturated heterocycles. The molecule has 9 nitrogen and oxygen atoms in total. The van der Waals surface area contributed by atoms with E-state index in [2.05, 4.69) is 15.7 Å². The SMILES string of the molecule is CC(C)(C)OC(=O)N1CCC(NCCn2ncc(C(=O)NC3C4CC5CC(C4)CC3C5)c2OCC2CCCCC2)CC1. The van der Waals surface area contributed by atoms with Gasteiger partial charge in [-0.05, 0) is 108 Å². The summed E-state index contributed by atoms with van der Waals surface area (Å²) in [5.41, 5.74) is 0.114. The summed E-state index contributed by atoms with van der Waals surface area (Å²) >= 11 is 0. The van der Waals surface area contributed by atoms with Crippen molar-refractivity contribution in [3.63, 3.8) is 0 Å². The molecule has 0 atom stereocenters. The molecule has 2 heterocycles. The summed E-state index contributed by atoms with van der Waals surface area (Å²) in [6.45, 7) is 9.12. The van der Waals surface area contributed by atoms with Crippen LogP contribution in [0.4, 0.5) is 4.79 Å². The van der Waals surface area contributed by atoms with Crippen LogP contribution >= 0.6 is 0 Å². The Morgan fingerprint density at radius 2 is 1.62 bits per heavy atom. The Labute approximate surface area is 251 Å². The second-order valence-electron chi connectivity index (χ2n) is 15.0. The van der Waals surface area contributed by atoms with Crippen molar-refractivity contribution in [1.29, 1.82) is 0 Å². The third-order valence-corrected chi connectivity index (χ3v) is 10.6. The fourth-order valence-corrected chi connectivity index (χ4v) is 8.75. The van der Waals surface area contributed by atoms with Crippen molar-refractivity contribution in [1.82, 2.24) is 25.3 Å². The quantitative estimate of drug-likeness (QED) is 0.405. The summed E-state index contributed by atoms with van der Waals surface area (Å²) in [7, 11) is 0. The zero-order chi connectivity index (χ0) is 29.3. The van der Waals surface area contributed by atoms with Gasteiger partial charge in [0.2, 0.25) is 5.88 Å². The van der Waals surface area contributed by atoms with Crippen LogP contribution in [0.15, 0.2) is 6.20 Å². The Balaban J connectivity index is 1.05. The molecule has 2 N–H and O–H groups in total. The molecule has 6 aliphatic rings. The molecule has 1 aliphatic heterocycles. The van der Waals surface area contributed by atoms with Gasteiger partial charge in [0.25, 0.3) is 5.91 Å². The smallest absolute Gasteiger partial charge is 0.410 e. The van der Waals surface area contributed by atoms with Crippen LogP contribution in [-0.2, 0) is 11.3 Å². The second-order valence-corrected chi connectivity index (χ2v) is 15.0. The number of nitrogens with zero attached hydrogens (tertiary/aromatic N) is 3. The molecule has 42 heavy (non-hydrogen) atoms. The van der Waals surface area contributed by atoms with Gasteiger partial charge in [-0.1, -0.05) is 19.3 Å². The number of nitrogens with one attached hydrogen (secondary N) is 2. The molecule has 9 heteroatoms. The Hall–Kier alpha value is -2.29. The monoisotopic (exact) mass is 583 g/mol. The van der Waals surface area contributed by atoms with Gasteiger partial charge in [0.05, 0.1) is 19.3 Å². The first-order chi connectivity index (χ1) is 20.2. The lowest BCUT2D eigenvalue weighted by Crippen LogP contribution is -2.55. The summed E-state index contributed by atoms with van der Waals surface area (Å²) in [5.74, 6) is 4.21. The van der Waals surface area contributed by atoms with Gasteiger partial charge in [-0.2, -0.15) is 5.10 Å². The maximum atomic E-state index is 13.7. The number of carbonyl (C=O) groups excluding carboxylic acids is 2. The lowest BCUT2D eigenvalue weighted by molar-refractivity contribution is -0.0120. The highest BCUT2D eigenvalue weighted by Crippen LogP contribution is 2.53. The molecule has 4 bridgehead atoms. The number of piperidine rings is 1. The molecule has 6 fully saturated rings. The molecule has 1 aromatic rings. The zero-order valence-electron chi connectivity index (χ0n) is 26.1. The predicted octanol–water partition coefficient (Wildman–Crippen LogP) is 5.39. The van der Waals surface area contributed by atoms with Crippen molar-refractivity contribution in [2.45, 2.75) is 122 Å². The van der Waals surface area contributed by atoms with E-state index in [1.54, 1.807) is 6.20 Å². The molecular weight excluding hydrogens is 530 g/mol. The minimum Gasteiger partial charge on any atom is -0.477 e. The lowest BCUT2D eigenvalue weighted by atomic mass is 9.54. The van der Waals surface area contributed by atoms with Crippen LogP contribution in [0.2, 0.25) is 0 Å². The third kappa shape index (κ3) is 7.08. The fourth-order valence-electron chi connectivity index (χ4n) is 8.75. The maximum Gasteiger partial charge on any atom is 0.410 e. The van der Waals surface area contributed by atoms with E-state index in [-0.39, 0.29) is 12.0 Å². The predicted molar refractivity (Wildman–Crippen MR) is 161 cm³/mol. The van der Waals surface area contributed by atoms with E-state index in [0.29, 0.717) is 67.5 Å². The summed E-state index contributed by atoms with van der Waals surface area (Å²) in [5, 5.41) is 11.8. The van der Waals surface area contributed by atoms with Crippen LogP contribution in [0, 0.1) is 29.6 Å². The number of hydrogen-bond acceptors (Lipinski definition) is 6. The van der Waals surface area contributed by atoms with E-state index in [1.807, 2.05) is 30.4 Å². The third-order valence-electron chi connectivity index (χ3n) is 10.6. The molecule has 7 rings (SSSR count). The Morgan fingerprint density at radius 3 is 2.26 bits per heavy atom. The first-order valence-corrected chi connectivity index (χ1v) is 16.9. The number of amides is 2. The molecule has 0 aromatic carbocycles. The lowest BCUT2D eigenvalue weighted by Gasteiger charge is -2.54. The molecule has 1 aromatic heterocycles. The summed E-state index contributed by atoms with van der Waals surface area (Å²) < 4.78 is 13.9. The average Bonchev–Trinajstić information content (AvgIpc) is 3.36. The largest absolute Gasteiger partial charge is 0.477 e. The standard InChI is InChI=1S/C33H53N5O4/c1-33(2,3)42-32(40)37-12-9-27(10-13-37)34-11-14-38-31(41-21-22-7-5-4-6-8-22)28(20-35-38)30(39)36-29-25-16-23-15-24(18-25)19-26(29)17-23/h20,22-27,29,34H,4-19,21H2,1-3H3,(H,36,39). The van der Waals surface area contributed by atoms with Gasteiger partial charge in [-0.3, -0.25) is 4.79 Å². The van der Waals surface area contributed by atoms with Crippen LogP contribution in [0.5, 0.6) is 5.88 Å². The van der Waals surface area contributed by atoms with Gasteiger partial charge >= 0.3 is 6.09 Å². The van der Waals surface area contributed by atoms with Gasteiger partial charge in [0.15, 0.2) is 0 Å². The summed E-state index contributed by atoms with van der Waals surface area (Å²) in [4.78, 5) is 27.9. The van der Waals surface area contributed by atoms with Crippen molar-refractivity contribution in [3.8, 4) is 5.88 Å². The van der Waals surface area contributed by atoms with Crippen LogP contribution in [0.1, 0.15) is 108 Å². The molecule has 0 unspecified atom stereocenters. The second kappa shape index (κ2) is 12.7. The van der Waals surface area contributed by atoms with Gasteiger partial charge in [-0.25, -0.2) is 9.48 Å². The maximum absolute atomic E-state index is 13.7. The van der Waals surface area contributed by atoms with Gasteiger partial charge in [0, 0.05) is 31.7 Å². The summed E-state index contributed by atoms with van der Waals surface area (Å²) in [6, 6.07) is 0.638. The Morgan fingerprint density at radius 1 is 0.952 bits per heavy atom. The van der Waals surface area contributed by atoms with E-state index in [1.165, 1.54) is 64.2 Å². The topological polar surface area (TPSA) is 97.7 Å². The first kappa shape index (κ1) is 29.8. The average molecular weight is 584 g/mol. The van der Waals surface area contributed by atoms with Crippen LogP contribution in [-0.4, -0.2) is 70.6 Å². The highest BCUT2D eigenvalue weighted by atomic mass is 16.6. The molecule has 2 amide bonds. The highest BCUT2D eigenvalue weighted by molar-refractivity contribution is 5.96. The molecule has 0 radical (unpaired) electrons. The van der Waals surface area contributed by atoms with E-state index < -0.39 is 5.60 Å². The van der Waals surface area contributed by atoms with E-state index in [0.717, 1.165) is 31.2 Å². The van der Waals surface area contributed by atoms with Crippen molar-refractivity contribution in [3.05, 3.63) is 11.8 Å². The van der Waals surface area contributed by atoms with Gasteiger partial charge < -0.3 is 25.0 Å². The molecule has 0 spiro atoms. The summed E-state index contributed by atoms with van der Waals surface area (Å²) in [6.07, 6.45) is 16.1. The van der Waals surface area contributed by atoms with Crippen molar-refractivity contribution >= 4 is 12.0 Å². The minimum atomic E-state index is -0.474. The molecule has 5 saturated carbocycles. The van der Waals surface area contributed by atoms with Crippen molar-refractivity contribution in [2.75, 3.05) is 26.2 Å². The Kier molecular flexibility index (Phi) is 9.04. The van der Waals surface area contributed by atoms with Crippen LogP contribution in [0.3, 0.4) is 0 Å². The van der Waals surface area contributed by atoms with Crippen LogP contribution in [0.25, 0.3) is 0 Å².